The number of ether oxygens (including phenoxy) is 1. The summed E-state index contributed by atoms with van der Waals surface area (Å²) in [6, 6.07) is 21.4. The highest BCUT2D eigenvalue weighted by molar-refractivity contribution is 8.01. The first-order valence-corrected chi connectivity index (χ1v) is 12.2. The maximum absolute atomic E-state index is 12.5. The summed E-state index contributed by atoms with van der Waals surface area (Å²) in [6.45, 7) is 0.427. The minimum Gasteiger partial charge on any atom is -0.497 e. The van der Waals surface area contributed by atoms with E-state index in [1.807, 2.05) is 72.1 Å². The Morgan fingerprint density at radius 2 is 1.85 bits per heavy atom. The summed E-state index contributed by atoms with van der Waals surface area (Å²) in [5.41, 5.74) is 2.46. The van der Waals surface area contributed by atoms with Gasteiger partial charge in [0, 0.05) is 23.0 Å². The van der Waals surface area contributed by atoms with E-state index in [9.17, 15) is 9.59 Å². The number of anilines is 1. The Morgan fingerprint density at radius 3 is 2.73 bits per heavy atom. The van der Waals surface area contributed by atoms with Gasteiger partial charge in [-0.3, -0.25) is 9.59 Å². The maximum Gasteiger partial charge on any atom is 0.234 e. The number of amides is 2. The quantitative estimate of drug-likeness (QED) is 0.335. The number of hydrogen-bond donors (Lipinski definition) is 2. The minimum absolute atomic E-state index is 0.0934. The first-order chi connectivity index (χ1) is 16.1. The summed E-state index contributed by atoms with van der Waals surface area (Å²) in [5, 5.41) is 9.83. The molecule has 0 unspecified atom stereocenters. The van der Waals surface area contributed by atoms with E-state index in [0.717, 1.165) is 32.1 Å². The van der Waals surface area contributed by atoms with E-state index >= 15 is 0 Å². The molecule has 1 heterocycles. The van der Waals surface area contributed by atoms with Gasteiger partial charge < -0.3 is 15.4 Å². The van der Waals surface area contributed by atoms with Crippen molar-refractivity contribution in [2.45, 2.75) is 17.3 Å². The third kappa shape index (κ3) is 6.34. The number of benzene rings is 3. The fraction of sp³-hybridized carbons (Fsp3) is 0.160. The lowest BCUT2D eigenvalue weighted by atomic mass is 10.1. The molecule has 33 heavy (non-hydrogen) atoms. The van der Waals surface area contributed by atoms with Crippen LogP contribution >= 0.6 is 23.1 Å². The van der Waals surface area contributed by atoms with E-state index in [4.69, 9.17) is 4.74 Å². The van der Waals surface area contributed by atoms with Gasteiger partial charge in [-0.25, -0.2) is 4.98 Å². The summed E-state index contributed by atoms with van der Waals surface area (Å²) < 4.78 is 5.96. The van der Waals surface area contributed by atoms with Gasteiger partial charge in [0.05, 0.1) is 25.0 Å². The molecule has 2 N–H and O–H groups in total. The Balaban J connectivity index is 1.25. The van der Waals surface area contributed by atoms with Crippen LogP contribution in [0, 0.1) is 0 Å². The summed E-state index contributed by atoms with van der Waals surface area (Å²) in [4.78, 5) is 29.2. The molecule has 0 saturated heterocycles. The first kappa shape index (κ1) is 22.8. The average molecular weight is 478 g/mol. The van der Waals surface area contributed by atoms with E-state index in [0.29, 0.717) is 12.2 Å². The molecule has 3 aromatic carbocycles. The number of nitrogens with zero attached hydrogens (tertiary/aromatic N) is 1. The third-order valence-electron chi connectivity index (χ3n) is 4.89. The molecule has 0 saturated carbocycles. The fourth-order valence-corrected chi connectivity index (χ4v) is 4.94. The first-order valence-electron chi connectivity index (χ1n) is 10.3. The van der Waals surface area contributed by atoms with Gasteiger partial charge in [-0.15, -0.1) is 11.3 Å². The Hall–Kier alpha value is -3.36. The van der Waals surface area contributed by atoms with E-state index in [2.05, 4.69) is 15.6 Å². The van der Waals surface area contributed by atoms with Crippen molar-refractivity contribution in [1.82, 2.24) is 10.3 Å². The van der Waals surface area contributed by atoms with Gasteiger partial charge in [0.1, 0.15) is 5.75 Å². The molecular weight excluding hydrogens is 454 g/mol. The molecule has 8 heteroatoms. The minimum atomic E-state index is -0.103. The second kappa shape index (κ2) is 11.0. The van der Waals surface area contributed by atoms with Gasteiger partial charge in [0.25, 0.3) is 0 Å². The van der Waals surface area contributed by atoms with E-state index in [1.54, 1.807) is 7.11 Å². The van der Waals surface area contributed by atoms with Gasteiger partial charge in [0.15, 0.2) is 4.34 Å². The molecule has 168 valence electrons. The summed E-state index contributed by atoms with van der Waals surface area (Å²) in [7, 11) is 1.61. The zero-order valence-corrected chi connectivity index (χ0v) is 19.7. The monoisotopic (exact) mass is 477 g/mol. The molecule has 0 aliphatic carbocycles. The topological polar surface area (TPSA) is 80.3 Å². The molecule has 0 atom stereocenters. The van der Waals surface area contributed by atoms with Crippen LogP contribution in [0.4, 0.5) is 5.69 Å². The highest BCUT2D eigenvalue weighted by atomic mass is 32.2. The van der Waals surface area contributed by atoms with Crippen LogP contribution < -0.4 is 15.4 Å². The largest absolute Gasteiger partial charge is 0.497 e. The van der Waals surface area contributed by atoms with Crippen LogP contribution in [0.25, 0.3) is 10.8 Å². The van der Waals surface area contributed by atoms with Gasteiger partial charge in [0.2, 0.25) is 11.8 Å². The summed E-state index contributed by atoms with van der Waals surface area (Å²) in [6.07, 6.45) is 0.198. The van der Waals surface area contributed by atoms with E-state index in [1.165, 1.54) is 23.1 Å². The molecule has 0 radical (unpaired) electrons. The normalized spacial score (nSPS) is 10.7. The Bertz CT molecular complexity index is 1270. The second-order valence-electron chi connectivity index (χ2n) is 7.27. The smallest absolute Gasteiger partial charge is 0.234 e. The molecule has 4 rings (SSSR count). The molecule has 0 aliphatic heterocycles. The molecule has 4 aromatic rings. The fourth-order valence-electron chi connectivity index (χ4n) is 3.29. The maximum atomic E-state index is 12.5. The molecule has 0 bridgehead atoms. The number of carbonyl (C=O) groups excluding carboxylic acids is 2. The molecule has 6 nitrogen and oxygen atoms in total. The number of methoxy groups -OCH3 is 1. The number of carbonyl (C=O) groups is 2. The predicted octanol–water partition coefficient (Wildman–Crippen LogP) is 4.89. The zero-order valence-electron chi connectivity index (χ0n) is 18.0. The number of thiazole rings is 1. The van der Waals surface area contributed by atoms with E-state index < -0.39 is 0 Å². The predicted molar refractivity (Wildman–Crippen MR) is 134 cm³/mol. The number of thioether (sulfide) groups is 1. The van der Waals surface area contributed by atoms with Gasteiger partial charge in [-0.2, -0.15) is 0 Å². The molecule has 1 aromatic heterocycles. The summed E-state index contributed by atoms with van der Waals surface area (Å²) in [5.74, 6) is 0.808. The molecule has 2 amide bonds. The van der Waals surface area contributed by atoms with Crippen molar-refractivity contribution < 1.29 is 14.3 Å². The van der Waals surface area contributed by atoms with Crippen LogP contribution in [0.3, 0.4) is 0 Å². The van der Waals surface area contributed by atoms with Gasteiger partial charge >= 0.3 is 0 Å². The SMILES string of the molecule is COc1cccc(CNC(=O)Cc2csc(SCC(=O)Nc3cccc4ccccc34)n2)c1. The molecule has 0 spiro atoms. The van der Waals surface area contributed by atoms with Crippen LogP contribution in [0.1, 0.15) is 11.3 Å². The Labute approximate surface area is 200 Å². The van der Waals surface area contributed by atoms with Crippen molar-refractivity contribution >= 4 is 51.4 Å². The molecular formula is C25H23N3O3S2. The summed E-state index contributed by atoms with van der Waals surface area (Å²) >= 11 is 2.80. The standard InChI is InChI=1S/C25H23N3O3S2/c1-31-20-9-4-6-17(12-20)14-26-23(29)13-19-15-32-25(27-19)33-16-24(30)28-22-11-5-8-18-7-2-3-10-21(18)22/h2-12,15H,13-14,16H2,1H3,(H,26,29)(H,28,30). The highest BCUT2D eigenvalue weighted by Crippen LogP contribution is 2.25. The highest BCUT2D eigenvalue weighted by Gasteiger charge is 2.11. The lowest BCUT2D eigenvalue weighted by Crippen LogP contribution is -2.24. The Morgan fingerprint density at radius 1 is 1.03 bits per heavy atom. The van der Waals surface area contributed by atoms with Crippen LogP contribution in [0.15, 0.2) is 76.4 Å². The van der Waals surface area contributed by atoms with Gasteiger partial charge in [-0.1, -0.05) is 60.3 Å². The van der Waals surface area contributed by atoms with Crippen molar-refractivity contribution in [2.75, 3.05) is 18.2 Å². The van der Waals surface area contributed by atoms with Crippen molar-refractivity contribution in [3.8, 4) is 5.75 Å². The van der Waals surface area contributed by atoms with Crippen molar-refractivity contribution in [3.05, 3.63) is 83.4 Å². The lowest BCUT2D eigenvalue weighted by molar-refractivity contribution is -0.120. The van der Waals surface area contributed by atoms with Crippen molar-refractivity contribution in [2.24, 2.45) is 0 Å². The average Bonchev–Trinajstić information content (AvgIpc) is 3.29. The van der Waals surface area contributed by atoms with Crippen LogP contribution in [0.5, 0.6) is 5.75 Å². The lowest BCUT2D eigenvalue weighted by Gasteiger charge is -2.08. The number of fused-ring (bicyclic) bond motifs is 1. The van der Waals surface area contributed by atoms with E-state index in [-0.39, 0.29) is 24.0 Å². The molecule has 0 aliphatic rings. The molecule has 0 fully saturated rings. The number of aromatic nitrogens is 1. The number of hydrogen-bond acceptors (Lipinski definition) is 6. The zero-order chi connectivity index (χ0) is 23.0. The van der Waals surface area contributed by atoms with Crippen molar-refractivity contribution in [1.29, 1.82) is 0 Å². The Kier molecular flexibility index (Phi) is 7.59. The van der Waals surface area contributed by atoms with Crippen LogP contribution in [-0.4, -0.2) is 29.7 Å². The van der Waals surface area contributed by atoms with Crippen molar-refractivity contribution in [3.63, 3.8) is 0 Å². The van der Waals surface area contributed by atoms with Gasteiger partial charge in [-0.05, 0) is 29.1 Å². The van der Waals surface area contributed by atoms with Crippen LogP contribution in [0.2, 0.25) is 0 Å². The number of rotatable bonds is 9. The number of nitrogens with one attached hydrogen (secondary N) is 2. The third-order valence-corrected chi connectivity index (χ3v) is 6.96. The second-order valence-corrected chi connectivity index (χ2v) is 9.35. The van der Waals surface area contributed by atoms with Crippen LogP contribution in [-0.2, 0) is 22.6 Å².